The van der Waals surface area contributed by atoms with Crippen LogP contribution in [0.25, 0.3) is 11.0 Å². The van der Waals surface area contributed by atoms with Gasteiger partial charge >= 0.3 is 0 Å². The van der Waals surface area contributed by atoms with E-state index in [0.717, 1.165) is 11.0 Å². The van der Waals surface area contributed by atoms with Crippen molar-refractivity contribution in [2.75, 3.05) is 12.8 Å². The minimum Gasteiger partial charge on any atom is -0.497 e. The van der Waals surface area contributed by atoms with Gasteiger partial charge in [-0.2, -0.15) is 0 Å². The van der Waals surface area contributed by atoms with E-state index in [4.69, 9.17) is 16.2 Å². The molecule has 0 aliphatic rings. The average molecular weight is 262 g/mol. The number of anilines is 1. The molecule has 102 valence electrons. The highest BCUT2D eigenvalue weighted by atomic mass is 16.5. The third kappa shape index (κ3) is 2.33. The molecule has 0 atom stereocenters. The number of nitrogens with two attached hydrogens (primary N) is 2. The van der Waals surface area contributed by atoms with Gasteiger partial charge in [0.25, 0.3) is 0 Å². The molecule has 6 nitrogen and oxygen atoms in total. The fourth-order valence-corrected chi connectivity index (χ4v) is 2.35. The van der Waals surface area contributed by atoms with Crippen molar-refractivity contribution >= 4 is 22.9 Å². The lowest BCUT2D eigenvalue weighted by Gasteiger charge is -2.27. The second kappa shape index (κ2) is 4.46. The number of aromatic nitrogens is 2. The molecule has 1 heterocycles. The number of imidazole rings is 1. The summed E-state index contributed by atoms with van der Waals surface area (Å²) in [5.41, 5.74) is 12.3. The van der Waals surface area contributed by atoms with Crippen LogP contribution in [-0.2, 0) is 10.3 Å². The van der Waals surface area contributed by atoms with Gasteiger partial charge in [-0.3, -0.25) is 4.79 Å². The number of primary amides is 1. The minimum atomic E-state index is -0.529. The van der Waals surface area contributed by atoms with Crippen molar-refractivity contribution in [3.63, 3.8) is 0 Å². The Balaban J connectivity index is 2.60. The van der Waals surface area contributed by atoms with Crippen molar-refractivity contribution in [2.45, 2.75) is 25.8 Å². The summed E-state index contributed by atoms with van der Waals surface area (Å²) >= 11 is 0. The zero-order valence-corrected chi connectivity index (χ0v) is 11.3. The summed E-state index contributed by atoms with van der Waals surface area (Å²) in [5.74, 6) is 0.694. The molecule has 0 bridgehead atoms. The molecule has 0 unspecified atom stereocenters. The first kappa shape index (κ1) is 13.2. The first-order valence-corrected chi connectivity index (χ1v) is 5.96. The summed E-state index contributed by atoms with van der Waals surface area (Å²) in [6.07, 6.45) is 0.189. The van der Waals surface area contributed by atoms with Crippen LogP contribution in [0, 0.1) is 0 Å². The highest BCUT2D eigenvalue weighted by Crippen LogP contribution is 2.30. The molecule has 1 aromatic carbocycles. The number of ether oxygens (including phenoxy) is 1. The largest absolute Gasteiger partial charge is 0.497 e. The van der Waals surface area contributed by atoms with Gasteiger partial charge in [0.05, 0.1) is 23.7 Å². The summed E-state index contributed by atoms with van der Waals surface area (Å²) in [6.45, 7) is 3.80. The van der Waals surface area contributed by atoms with Gasteiger partial charge < -0.3 is 20.8 Å². The fourth-order valence-electron chi connectivity index (χ4n) is 2.35. The summed E-state index contributed by atoms with van der Waals surface area (Å²) in [5, 5.41) is 0. The Morgan fingerprint density at radius 2 is 2.16 bits per heavy atom. The highest BCUT2D eigenvalue weighted by molar-refractivity contribution is 5.81. The van der Waals surface area contributed by atoms with E-state index in [1.807, 2.05) is 36.6 Å². The van der Waals surface area contributed by atoms with Crippen molar-refractivity contribution in [3.05, 3.63) is 18.2 Å². The van der Waals surface area contributed by atoms with Gasteiger partial charge in [-0.05, 0) is 26.0 Å². The second-order valence-corrected chi connectivity index (χ2v) is 5.12. The number of methoxy groups -OCH3 is 1. The molecule has 0 fully saturated rings. The molecule has 2 aromatic rings. The van der Waals surface area contributed by atoms with Gasteiger partial charge in [0, 0.05) is 12.5 Å². The van der Waals surface area contributed by atoms with Gasteiger partial charge in [0.1, 0.15) is 5.75 Å². The lowest BCUT2D eigenvalue weighted by Crippen LogP contribution is -2.33. The van der Waals surface area contributed by atoms with Crippen LogP contribution >= 0.6 is 0 Å². The maximum absolute atomic E-state index is 11.2. The van der Waals surface area contributed by atoms with Crippen LogP contribution in [0.5, 0.6) is 5.75 Å². The third-order valence-corrected chi connectivity index (χ3v) is 3.10. The number of rotatable bonds is 4. The van der Waals surface area contributed by atoms with Crippen LogP contribution in [0.1, 0.15) is 20.3 Å². The summed E-state index contributed by atoms with van der Waals surface area (Å²) in [6, 6.07) is 5.52. The van der Waals surface area contributed by atoms with E-state index in [-0.39, 0.29) is 12.3 Å². The minimum absolute atomic E-state index is 0.189. The molecular formula is C13H18N4O2. The number of amides is 1. The monoisotopic (exact) mass is 262 g/mol. The smallest absolute Gasteiger partial charge is 0.219 e. The van der Waals surface area contributed by atoms with Gasteiger partial charge in [0.2, 0.25) is 11.9 Å². The number of hydrogen-bond acceptors (Lipinski definition) is 4. The Hall–Kier alpha value is -2.24. The maximum atomic E-state index is 11.2. The summed E-state index contributed by atoms with van der Waals surface area (Å²) in [4.78, 5) is 15.5. The standard InChI is InChI=1S/C13H18N4O2/c1-13(2,7-11(14)18)17-10-5-4-8(19-3)6-9(10)16-12(17)15/h4-6H,7H2,1-3H3,(H2,14,18)(H2,15,16). The van der Waals surface area contributed by atoms with Crippen LogP contribution in [0.15, 0.2) is 18.2 Å². The van der Waals surface area contributed by atoms with E-state index in [1.54, 1.807) is 7.11 Å². The molecule has 1 aromatic heterocycles. The Labute approximate surface area is 111 Å². The Morgan fingerprint density at radius 1 is 1.47 bits per heavy atom. The van der Waals surface area contributed by atoms with Gasteiger partial charge in [-0.1, -0.05) is 0 Å². The Morgan fingerprint density at radius 3 is 2.74 bits per heavy atom. The van der Waals surface area contributed by atoms with Crippen LogP contribution in [0.2, 0.25) is 0 Å². The third-order valence-electron chi connectivity index (χ3n) is 3.10. The van der Waals surface area contributed by atoms with Gasteiger partial charge in [-0.25, -0.2) is 4.98 Å². The van der Waals surface area contributed by atoms with Crippen molar-refractivity contribution in [2.24, 2.45) is 5.73 Å². The zero-order chi connectivity index (χ0) is 14.2. The number of hydrogen-bond donors (Lipinski definition) is 2. The second-order valence-electron chi connectivity index (χ2n) is 5.12. The van der Waals surface area contributed by atoms with Crippen molar-refractivity contribution < 1.29 is 9.53 Å². The molecule has 6 heteroatoms. The van der Waals surface area contributed by atoms with Gasteiger partial charge in [-0.15, -0.1) is 0 Å². The molecule has 0 saturated heterocycles. The first-order valence-electron chi connectivity index (χ1n) is 5.96. The quantitative estimate of drug-likeness (QED) is 0.866. The molecule has 19 heavy (non-hydrogen) atoms. The van der Waals surface area contributed by atoms with Gasteiger partial charge in [0.15, 0.2) is 0 Å². The number of carbonyl (C=O) groups excluding carboxylic acids is 1. The Bertz CT molecular complexity index is 631. The van der Waals surface area contributed by atoms with Crippen LogP contribution in [0.4, 0.5) is 5.95 Å². The van der Waals surface area contributed by atoms with Crippen molar-refractivity contribution in [1.29, 1.82) is 0 Å². The number of carbonyl (C=O) groups is 1. The number of benzene rings is 1. The Kier molecular flexibility index (Phi) is 3.09. The SMILES string of the molecule is COc1ccc2c(c1)nc(N)n2C(C)(C)CC(N)=O. The highest BCUT2D eigenvalue weighted by Gasteiger charge is 2.27. The average Bonchev–Trinajstić information content (AvgIpc) is 2.62. The summed E-state index contributed by atoms with van der Waals surface area (Å²) < 4.78 is 6.98. The molecule has 0 aliphatic carbocycles. The molecule has 2 rings (SSSR count). The van der Waals surface area contributed by atoms with Crippen molar-refractivity contribution in [1.82, 2.24) is 9.55 Å². The van der Waals surface area contributed by atoms with E-state index in [9.17, 15) is 4.79 Å². The van der Waals surface area contributed by atoms with E-state index >= 15 is 0 Å². The normalized spacial score (nSPS) is 11.7. The lowest BCUT2D eigenvalue weighted by atomic mass is 9.99. The van der Waals surface area contributed by atoms with Crippen LogP contribution < -0.4 is 16.2 Å². The van der Waals surface area contributed by atoms with E-state index < -0.39 is 5.54 Å². The van der Waals surface area contributed by atoms with Crippen LogP contribution in [0.3, 0.4) is 0 Å². The molecule has 0 aliphatic heterocycles. The molecule has 4 N–H and O–H groups in total. The van der Waals surface area contributed by atoms with E-state index in [1.165, 1.54) is 0 Å². The predicted octanol–water partition coefficient (Wildman–Crippen LogP) is 1.24. The number of nitrogens with zero attached hydrogens (tertiary/aromatic N) is 2. The molecule has 0 spiro atoms. The van der Waals surface area contributed by atoms with Crippen LogP contribution in [-0.4, -0.2) is 22.6 Å². The lowest BCUT2D eigenvalue weighted by molar-refractivity contribution is -0.119. The first-order chi connectivity index (χ1) is 8.85. The molecular weight excluding hydrogens is 244 g/mol. The predicted molar refractivity (Wildman–Crippen MR) is 73.8 cm³/mol. The molecule has 0 radical (unpaired) electrons. The molecule has 0 saturated carbocycles. The summed E-state index contributed by atoms with van der Waals surface area (Å²) in [7, 11) is 1.60. The van der Waals surface area contributed by atoms with E-state index in [2.05, 4.69) is 4.98 Å². The fraction of sp³-hybridized carbons (Fsp3) is 0.385. The number of fused-ring (bicyclic) bond motifs is 1. The number of nitrogen functional groups attached to an aromatic ring is 1. The molecule has 1 amide bonds. The topological polar surface area (TPSA) is 96.2 Å². The van der Waals surface area contributed by atoms with Crippen molar-refractivity contribution in [3.8, 4) is 5.75 Å². The zero-order valence-electron chi connectivity index (χ0n) is 11.3. The van der Waals surface area contributed by atoms with E-state index in [0.29, 0.717) is 11.7 Å². The maximum Gasteiger partial charge on any atom is 0.219 e.